The van der Waals surface area contributed by atoms with Crippen LogP contribution in [0.3, 0.4) is 0 Å². The zero-order chi connectivity index (χ0) is 10.8. The zero-order valence-corrected chi connectivity index (χ0v) is 10.3. The summed E-state index contributed by atoms with van der Waals surface area (Å²) in [5.41, 5.74) is 5.75. The van der Waals surface area contributed by atoms with E-state index in [2.05, 4.69) is 22.6 Å². The lowest BCUT2D eigenvalue weighted by Crippen LogP contribution is -2.17. The summed E-state index contributed by atoms with van der Waals surface area (Å²) in [6, 6.07) is 0. The molecule has 1 aliphatic carbocycles. The van der Waals surface area contributed by atoms with Crippen molar-refractivity contribution in [2.75, 3.05) is 4.43 Å². The highest BCUT2D eigenvalue weighted by Gasteiger charge is 2.14. The molecule has 1 aliphatic rings. The van der Waals surface area contributed by atoms with Gasteiger partial charge in [0.25, 0.3) is 0 Å². The summed E-state index contributed by atoms with van der Waals surface area (Å²) in [4.78, 5) is -0.0129. The highest BCUT2D eigenvalue weighted by atomic mass is 127. The molecule has 14 heavy (non-hydrogen) atoms. The normalized spacial score (nSPS) is 22.6. The average Bonchev–Trinajstić information content (AvgIpc) is 2.25. The lowest BCUT2D eigenvalue weighted by atomic mass is 10.2. The molecule has 78 valence electrons. The van der Waals surface area contributed by atoms with Crippen molar-refractivity contribution in [2.45, 2.75) is 0 Å². The number of rotatable bonds is 2. The van der Waals surface area contributed by atoms with Crippen molar-refractivity contribution in [3.8, 4) is 0 Å². The number of alkyl halides is 1. The number of primary sulfonamides is 1. The van der Waals surface area contributed by atoms with Gasteiger partial charge in [0, 0.05) is 10.3 Å². The van der Waals surface area contributed by atoms with E-state index in [-0.39, 0.29) is 16.5 Å². The lowest BCUT2D eigenvalue weighted by molar-refractivity contribution is 0.604. The molecule has 0 fully saturated rings. The van der Waals surface area contributed by atoms with Crippen LogP contribution in [0, 0.1) is 5.92 Å². The van der Waals surface area contributed by atoms with Crippen molar-refractivity contribution in [2.24, 2.45) is 16.8 Å². The van der Waals surface area contributed by atoms with Gasteiger partial charge in [-0.1, -0.05) is 34.7 Å². The first-order valence-corrected chi connectivity index (χ1v) is 6.97. The molecule has 4 nitrogen and oxygen atoms in total. The number of halogens is 1. The van der Waals surface area contributed by atoms with Gasteiger partial charge < -0.3 is 5.73 Å². The van der Waals surface area contributed by atoms with Crippen molar-refractivity contribution in [1.82, 2.24) is 0 Å². The number of allylic oxidation sites excluding steroid dienone is 4. The van der Waals surface area contributed by atoms with Crippen molar-refractivity contribution < 1.29 is 8.42 Å². The number of hydrogen-bond donors (Lipinski definition) is 2. The van der Waals surface area contributed by atoms with E-state index in [1.807, 2.05) is 6.08 Å². The van der Waals surface area contributed by atoms with Gasteiger partial charge in [0.15, 0.2) is 0 Å². The Balaban J connectivity index is 3.15. The van der Waals surface area contributed by atoms with Crippen LogP contribution in [0.4, 0.5) is 0 Å². The standard InChI is InChI=1S/C8H11IN2O2S/c9-5-6-1-3-7(10)8(4-2-6)14(11,12)13/h1-4,6H,5,10H2,(H2,11,12,13). The van der Waals surface area contributed by atoms with Crippen LogP contribution in [-0.4, -0.2) is 12.8 Å². The van der Waals surface area contributed by atoms with Gasteiger partial charge in [0.2, 0.25) is 10.0 Å². The fraction of sp³-hybridized carbons (Fsp3) is 0.250. The van der Waals surface area contributed by atoms with Crippen LogP contribution < -0.4 is 10.9 Å². The van der Waals surface area contributed by atoms with Crippen molar-refractivity contribution >= 4 is 32.6 Å². The second-order valence-electron chi connectivity index (χ2n) is 2.90. The highest BCUT2D eigenvalue weighted by Crippen LogP contribution is 2.17. The Hall–Kier alpha value is -0.340. The highest BCUT2D eigenvalue weighted by molar-refractivity contribution is 14.1. The molecular weight excluding hydrogens is 315 g/mol. The molecule has 0 amide bonds. The topological polar surface area (TPSA) is 86.2 Å². The first-order chi connectivity index (χ1) is 6.45. The quantitative estimate of drug-likeness (QED) is 0.576. The molecule has 0 aromatic heterocycles. The third-order valence-electron chi connectivity index (χ3n) is 1.79. The van der Waals surface area contributed by atoms with E-state index in [9.17, 15) is 8.42 Å². The van der Waals surface area contributed by atoms with Gasteiger partial charge >= 0.3 is 0 Å². The summed E-state index contributed by atoms with van der Waals surface area (Å²) < 4.78 is 23.1. The summed E-state index contributed by atoms with van der Waals surface area (Å²) in [6.07, 6.45) is 6.69. The average molecular weight is 326 g/mol. The smallest absolute Gasteiger partial charge is 0.240 e. The van der Waals surface area contributed by atoms with E-state index in [0.717, 1.165) is 4.43 Å². The van der Waals surface area contributed by atoms with Gasteiger partial charge in [-0.3, -0.25) is 0 Å². The summed E-state index contributed by atoms with van der Waals surface area (Å²) in [5.74, 6) is 0.202. The van der Waals surface area contributed by atoms with Crippen LogP contribution >= 0.6 is 22.6 Å². The Morgan fingerprint density at radius 1 is 1.36 bits per heavy atom. The predicted octanol–water partition coefficient (Wildman–Crippen LogP) is 0.622. The zero-order valence-electron chi connectivity index (χ0n) is 7.35. The molecule has 0 spiro atoms. The molecule has 1 rings (SSSR count). The Labute approximate surface area is 96.9 Å². The Kier molecular flexibility index (Phi) is 3.73. The minimum absolute atomic E-state index is 0.0129. The summed E-state index contributed by atoms with van der Waals surface area (Å²) >= 11 is 2.22. The number of hydrogen-bond acceptors (Lipinski definition) is 3. The number of sulfonamides is 1. The van der Waals surface area contributed by atoms with Crippen LogP contribution in [-0.2, 0) is 10.0 Å². The van der Waals surface area contributed by atoms with Crippen LogP contribution in [0.5, 0.6) is 0 Å². The Bertz CT molecular complexity index is 409. The minimum atomic E-state index is -3.72. The SMILES string of the molecule is NC1=C(S(N)(=O)=O)C=CC(CI)C=C1. The van der Waals surface area contributed by atoms with E-state index >= 15 is 0 Å². The first kappa shape index (κ1) is 11.7. The molecule has 0 heterocycles. The molecule has 0 saturated carbocycles. The second-order valence-corrected chi connectivity index (χ2v) is 5.31. The molecule has 1 atom stereocenters. The molecule has 0 aromatic rings. The Morgan fingerprint density at radius 3 is 2.43 bits per heavy atom. The van der Waals surface area contributed by atoms with Gasteiger partial charge in [-0.05, 0) is 12.2 Å². The molecule has 4 N–H and O–H groups in total. The van der Waals surface area contributed by atoms with Crippen molar-refractivity contribution in [3.05, 3.63) is 34.9 Å². The largest absolute Gasteiger partial charge is 0.398 e. The van der Waals surface area contributed by atoms with Gasteiger partial charge in [-0.25, -0.2) is 13.6 Å². The third-order valence-corrected chi connectivity index (χ3v) is 3.79. The van der Waals surface area contributed by atoms with Gasteiger partial charge in [-0.2, -0.15) is 0 Å². The molecule has 0 aromatic carbocycles. The fourth-order valence-electron chi connectivity index (χ4n) is 1.04. The third kappa shape index (κ3) is 2.82. The summed E-state index contributed by atoms with van der Waals surface area (Å²) in [6.45, 7) is 0. The van der Waals surface area contributed by atoms with Crippen LogP contribution in [0.1, 0.15) is 0 Å². The monoisotopic (exact) mass is 326 g/mol. The maximum absolute atomic E-state index is 11.1. The van der Waals surface area contributed by atoms with Gasteiger partial charge in [0.05, 0.1) is 5.70 Å². The van der Waals surface area contributed by atoms with Crippen molar-refractivity contribution in [1.29, 1.82) is 0 Å². The lowest BCUT2D eigenvalue weighted by Gasteiger charge is -2.00. The molecule has 6 heteroatoms. The van der Waals surface area contributed by atoms with Crippen molar-refractivity contribution in [3.63, 3.8) is 0 Å². The summed E-state index contributed by atoms with van der Waals surface area (Å²) in [7, 11) is -3.72. The molecule has 1 unspecified atom stereocenters. The molecule has 0 aliphatic heterocycles. The number of nitrogens with two attached hydrogens (primary N) is 2. The molecule has 0 bridgehead atoms. The maximum atomic E-state index is 11.1. The van der Waals surface area contributed by atoms with E-state index in [1.54, 1.807) is 12.2 Å². The predicted molar refractivity (Wildman–Crippen MR) is 65.0 cm³/mol. The second kappa shape index (κ2) is 4.45. The van der Waals surface area contributed by atoms with Crippen LogP contribution in [0.2, 0.25) is 0 Å². The minimum Gasteiger partial charge on any atom is -0.398 e. The van der Waals surface area contributed by atoms with Crippen LogP contribution in [0.25, 0.3) is 0 Å². The Morgan fingerprint density at radius 2 is 1.93 bits per heavy atom. The van der Waals surface area contributed by atoms with Crippen LogP contribution in [0.15, 0.2) is 34.9 Å². The van der Waals surface area contributed by atoms with E-state index in [1.165, 1.54) is 6.08 Å². The van der Waals surface area contributed by atoms with E-state index in [4.69, 9.17) is 10.9 Å². The maximum Gasteiger partial charge on any atom is 0.240 e. The molecule has 0 radical (unpaired) electrons. The van der Waals surface area contributed by atoms with E-state index < -0.39 is 10.0 Å². The van der Waals surface area contributed by atoms with Gasteiger partial charge in [-0.15, -0.1) is 0 Å². The molecular formula is C8H11IN2O2S. The molecule has 0 saturated heterocycles. The fourth-order valence-corrected chi connectivity index (χ4v) is 2.29. The van der Waals surface area contributed by atoms with Gasteiger partial charge in [0.1, 0.15) is 4.91 Å². The van der Waals surface area contributed by atoms with E-state index in [0.29, 0.717) is 0 Å². The first-order valence-electron chi connectivity index (χ1n) is 3.90. The summed E-state index contributed by atoms with van der Waals surface area (Å²) in [5, 5.41) is 5.00.